The Morgan fingerprint density at radius 1 is 1.35 bits per heavy atom. The number of amides is 1. The van der Waals surface area contributed by atoms with Crippen LogP contribution in [0, 0.1) is 11.3 Å². The van der Waals surface area contributed by atoms with Crippen LogP contribution >= 0.6 is 0 Å². The van der Waals surface area contributed by atoms with Crippen molar-refractivity contribution in [1.82, 2.24) is 4.90 Å². The molecule has 0 aliphatic rings. The van der Waals surface area contributed by atoms with Crippen molar-refractivity contribution in [3.63, 3.8) is 0 Å². The molecule has 0 atom stereocenters. The molecule has 0 saturated carbocycles. The topological polar surface area (TPSA) is 44.1 Å². The van der Waals surface area contributed by atoms with Gasteiger partial charge in [0.25, 0.3) is 5.91 Å². The first kappa shape index (κ1) is 13.2. The molecule has 0 spiro atoms. The minimum absolute atomic E-state index is 0.0247. The van der Waals surface area contributed by atoms with E-state index in [0.717, 1.165) is 12.8 Å². The SMILES string of the molecule is CCCc1ccc(C(=O)N(C)CCC#N)cc1. The fourth-order valence-corrected chi connectivity index (χ4v) is 1.64. The van der Waals surface area contributed by atoms with E-state index in [0.29, 0.717) is 18.5 Å². The van der Waals surface area contributed by atoms with Crippen molar-refractivity contribution in [1.29, 1.82) is 5.26 Å². The molecule has 0 aliphatic heterocycles. The van der Waals surface area contributed by atoms with Gasteiger partial charge in [-0.2, -0.15) is 5.26 Å². The van der Waals surface area contributed by atoms with Crippen LogP contribution in [0.5, 0.6) is 0 Å². The molecule has 0 N–H and O–H groups in total. The zero-order chi connectivity index (χ0) is 12.7. The maximum Gasteiger partial charge on any atom is 0.253 e. The first-order valence-electron chi connectivity index (χ1n) is 5.90. The summed E-state index contributed by atoms with van der Waals surface area (Å²) in [6.07, 6.45) is 2.52. The Kier molecular flexibility index (Phi) is 5.22. The fraction of sp³-hybridized carbons (Fsp3) is 0.429. The van der Waals surface area contributed by atoms with Crippen LogP contribution in [0.25, 0.3) is 0 Å². The highest BCUT2D eigenvalue weighted by Crippen LogP contribution is 2.08. The van der Waals surface area contributed by atoms with E-state index in [2.05, 4.69) is 6.92 Å². The Morgan fingerprint density at radius 3 is 2.53 bits per heavy atom. The number of hydrogen-bond acceptors (Lipinski definition) is 2. The molecule has 90 valence electrons. The van der Waals surface area contributed by atoms with Gasteiger partial charge in [0, 0.05) is 19.2 Å². The van der Waals surface area contributed by atoms with Crippen LogP contribution in [0.15, 0.2) is 24.3 Å². The Balaban J connectivity index is 2.66. The summed E-state index contributed by atoms with van der Waals surface area (Å²) in [7, 11) is 1.72. The van der Waals surface area contributed by atoms with Gasteiger partial charge in [-0.3, -0.25) is 4.79 Å². The van der Waals surface area contributed by atoms with Crippen LogP contribution in [0.3, 0.4) is 0 Å². The summed E-state index contributed by atoms with van der Waals surface area (Å²) in [4.78, 5) is 13.5. The van der Waals surface area contributed by atoms with E-state index in [-0.39, 0.29) is 5.91 Å². The first-order valence-corrected chi connectivity index (χ1v) is 5.90. The van der Waals surface area contributed by atoms with Gasteiger partial charge in [0.2, 0.25) is 0 Å². The highest BCUT2D eigenvalue weighted by molar-refractivity contribution is 5.94. The third kappa shape index (κ3) is 3.92. The normalized spacial score (nSPS) is 9.71. The van der Waals surface area contributed by atoms with Crippen molar-refractivity contribution >= 4 is 5.91 Å². The number of aryl methyl sites for hydroxylation is 1. The molecule has 1 aromatic rings. The van der Waals surface area contributed by atoms with Crippen molar-refractivity contribution in [2.24, 2.45) is 0 Å². The van der Waals surface area contributed by atoms with Crippen molar-refractivity contribution < 1.29 is 4.79 Å². The largest absolute Gasteiger partial charge is 0.341 e. The van der Waals surface area contributed by atoms with E-state index in [4.69, 9.17) is 5.26 Å². The van der Waals surface area contributed by atoms with E-state index >= 15 is 0 Å². The van der Waals surface area contributed by atoms with Crippen LogP contribution in [-0.4, -0.2) is 24.4 Å². The van der Waals surface area contributed by atoms with Gasteiger partial charge < -0.3 is 4.90 Å². The van der Waals surface area contributed by atoms with Gasteiger partial charge in [-0.1, -0.05) is 25.5 Å². The molecule has 0 aliphatic carbocycles. The Morgan fingerprint density at radius 2 is 2.00 bits per heavy atom. The van der Waals surface area contributed by atoms with E-state index in [9.17, 15) is 4.79 Å². The van der Waals surface area contributed by atoms with Crippen molar-refractivity contribution in [2.75, 3.05) is 13.6 Å². The highest BCUT2D eigenvalue weighted by atomic mass is 16.2. The van der Waals surface area contributed by atoms with E-state index in [1.165, 1.54) is 5.56 Å². The smallest absolute Gasteiger partial charge is 0.253 e. The molecule has 0 heterocycles. The van der Waals surface area contributed by atoms with Crippen molar-refractivity contribution in [3.8, 4) is 6.07 Å². The summed E-state index contributed by atoms with van der Waals surface area (Å²) in [5, 5.41) is 8.47. The van der Waals surface area contributed by atoms with Gasteiger partial charge in [-0.15, -0.1) is 0 Å². The molecule has 3 nitrogen and oxygen atoms in total. The summed E-state index contributed by atoms with van der Waals surface area (Å²) in [5.41, 5.74) is 1.94. The molecule has 1 aromatic carbocycles. The first-order chi connectivity index (χ1) is 8.19. The molecular formula is C14H18N2O. The van der Waals surface area contributed by atoms with Crippen LogP contribution < -0.4 is 0 Å². The van der Waals surface area contributed by atoms with E-state index in [1.54, 1.807) is 11.9 Å². The molecule has 0 aromatic heterocycles. The lowest BCUT2D eigenvalue weighted by atomic mass is 10.1. The van der Waals surface area contributed by atoms with Crippen molar-refractivity contribution in [2.45, 2.75) is 26.2 Å². The zero-order valence-corrected chi connectivity index (χ0v) is 10.4. The molecule has 1 rings (SSSR count). The average Bonchev–Trinajstić information content (AvgIpc) is 2.36. The number of carbonyl (C=O) groups excluding carboxylic acids is 1. The average molecular weight is 230 g/mol. The van der Waals surface area contributed by atoms with Crippen LogP contribution in [0.1, 0.15) is 35.7 Å². The third-order valence-electron chi connectivity index (χ3n) is 2.65. The molecule has 0 saturated heterocycles. The monoisotopic (exact) mass is 230 g/mol. The minimum Gasteiger partial charge on any atom is -0.341 e. The van der Waals surface area contributed by atoms with Gasteiger partial charge in [0.1, 0.15) is 0 Å². The summed E-state index contributed by atoms with van der Waals surface area (Å²) in [5.74, 6) is -0.0247. The number of nitriles is 1. The second-order valence-electron chi connectivity index (χ2n) is 4.08. The van der Waals surface area contributed by atoms with E-state index < -0.39 is 0 Å². The standard InChI is InChI=1S/C14H18N2O/c1-3-5-12-6-8-13(9-7-12)14(17)16(2)11-4-10-15/h6-9H,3-5,11H2,1-2H3. The third-order valence-corrected chi connectivity index (χ3v) is 2.65. The summed E-state index contributed by atoms with van der Waals surface area (Å²) < 4.78 is 0. The maximum absolute atomic E-state index is 11.9. The lowest BCUT2D eigenvalue weighted by Crippen LogP contribution is -2.27. The van der Waals surface area contributed by atoms with Crippen molar-refractivity contribution in [3.05, 3.63) is 35.4 Å². The molecular weight excluding hydrogens is 212 g/mol. The number of nitrogens with zero attached hydrogens (tertiary/aromatic N) is 2. The number of benzene rings is 1. The number of rotatable bonds is 5. The Hall–Kier alpha value is -1.82. The van der Waals surface area contributed by atoms with Gasteiger partial charge in [-0.25, -0.2) is 0 Å². The Labute approximate surface area is 103 Å². The highest BCUT2D eigenvalue weighted by Gasteiger charge is 2.10. The molecule has 1 amide bonds. The summed E-state index contributed by atoms with van der Waals surface area (Å²) in [6.45, 7) is 2.61. The predicted octanol–water partition coefficient (Wildman–Crippen LogP) is 2.62. The quantitative estimate of drug-likeness (QED) is 0.780. The second-order valence-corrected chi connectivity index (χ2v) is 4.08. The molecule has 17 heavy (non-hydrogen) atoms. The van der Waals surface area contributed by atoms with Crippen LogP contribution in [0.4, 0.5) is 0 Å². The van der Waals surface area contributed by atoms with Gasteiger partial charge in [-0.05, 0) is 24.1 Å². The summed E-state index contributed by atoms with van der Waals surface area (Å²) in [6, 6.07) is 9.74. The Bertz CT molecular complexity index is 403. The zero-order valence-electron chi connectivity index (χ0n) is 10.4. The van der Waals surface area contributed by atoms with Gasteiger partial charge in [0.05, 0.1) is 12.5 Å². The lowest BCUT2D eigenvalue weighted by molar-refractivity contribution is 0.0798. The molecule has 0 radical (unpaired) electrons. The maximum atomic E-state index is 11.9. The van der Waals surface area contributed by atoms with Gasteiger partial charge >= 0.3 is 0 Å². The molecule has 0 fully saturated rings. The van der Waals surface area contributed by atoms with Crippen LogP contribution in [-0.2, 0) is 6.42 Å². The predicted molar refractivity (Wildman–Crippen MR) is 67.6 cm³/mol. The second kappa shape index (κ2) is 6.70. The van der Waals surface area contributed by atoms with Crippen LogP contribution in [0.2, 0.25) is 0 Å². The minimum atomic E-state index is -0.0247. The van der Waals surface area contributed by atoms with E-state index in [1.807, 2.05) is 30.3 Å². The lowest BCUT2D eigenvalue weighted by Gasteiger charge is -2.15. The number of carbonyl (C=O) groups is 1. The van der Waals surface area contributed by atoms with Gasteiger partial charge in [0.15, 0.2) is 0 Å². The molecule has 0 unspecified atom stereocenters. The fourth-order valence-electron chi connectivity index (χ4n) is 1.64. The summed E-state index contributed by atoms with van der Waals surface area (Å²) >= 11 is 0. The number of hydrogen-bond donors (Lipinski definition) is 0. The molecule has 0 bridgehead atoms. The molecule has 3 heteroatoms.